The minimum atomic E-state index is 0.550. The van der Waals surface area contributed by atoms with Gasteiger partial charge in [-0.05, 0) is 50.6 Å². The van der Waals surface area contributed by atoms with Crippen LogP contribution in [0.15, 0.2) is 17.0 Å². The van der Waals surface area contributed by atoms with E-state index < -0.39 is 0 Å². The topological polar surface area (TPSA) is 12.0 Å². The second kappa shape index (κ2) is 4.58. The third kappa shape index (κ3) is 2.21. The molecule has 82 valence electrons. The summed E-state index contributed by atoms with van der Waals surface area (Å²) in [5.74, 6) is 1.26. The number of thioether (sulfide) groups is 1. The molecule has 0 saturated carbocycles. The number of nitrogens with one attached hydrogen (secondary N) is 1. The van der Waals surface area contributed by atoms with Crippen LogP contribution >= 0.6 is 11.8 Å². The van der Waals surface area contributed by atoms with E-state index in [2.05, 4.69) is 38.3 Å². The lowest BCUT2D eigenvalue weighted by Gasteiger charge is -2.18. The number of benzene rings is 1. The molecule has 1 aromatic rings. The maximum atomic E-state index is 3.44. The SMILES string of the molecule is CNC1CCCSc2c(C)cc(C)cc21. The summed E-state index contributed by atoms with van der Waals surface area (Å²) < 4.78 is 0. The molecule has 0 saturated heterocycles. The average molecular weight is 221 g/mol. The van der Waals surface area contributed by atoms with Gasteiger partial charge in [0.1, 0.15) is 0 Å². The van der Waals surface area contributed by atoms with E-state index >= 15 is 0 Å². The highest BCUT2D eigenvalue weighted by Gasteiger charge is 2.19. The molecule has 2 heteroatoms. The first kappa shape index (κ1) is 11.0. The van der Waals surface area contributed by atoms with Crippen LogP contribution in [0.25, 0.3) is 0 Å². The van der Waals surface area contributed by atoms with E-state index in [0.717, 1.165) is 0 Å². The molecule has 1 unspecified atom stereocenters. The van der Waals surface area contributed by atoms with Gasteiger partial charge in [-0.3, -0.25) is 0 Å². The molecule has 1 aliphatic rings. The van der Waals surface area contributed by atoms with E-state index in [9.17, 15) is 0 Å². The van der Waals surface area contributed by atoms with Crippen LogP contribution in [-0.4, -0.2) is 12.8 Å². The van der Waals surface area contributed by atoms with Gasteiger partial charge in [-0.25, -0.2) is 0 Å². The number of aryl methyl sites for hydroxylation is 2. The van der Waals surface area contributed by atoms with E-state index in [-0.39, 0.29) is 0 Å². The Morgan fingerprint density at radius 1 is 1.33 bits per heavy atom. The lowest BCUT2D eigenvalue weighted by molar-refractivity contribution is 0.540. The van der Waals surface area contributed by atoms with Gasteiger partial charge >= 0.3 is 0 Å². The molecule has 0 fully saturated rings. The summed E-state index contributed by atoms with van der Waals surface area (Å²) in [6.45, 7) is 4.42. The number of hydrogen-bond acceptors (Lipinski definition) is 2. The van der Waals surface area contributed by atoms with Gasteiger partial charge in [0, 0.05) is 10.9 Å². The van der Waals surface area contributed by atoms with E-state index in [1.807, 2.05) is 11.8 Å². The van der Waals surface area contributed by atoms with Crippen molar-refractivity contribution in [3.05, 3.63) is 28.8 Å². The third-order valence-electron chi connectivity index (χ3n) is 3.06. The molecule has 1 heterocycles. The van der Waals surface area contributed by atoms with Crippen molar-refractivity contribution in [1.29, 1.82) is 0 Å². The summed E-state index contributed by atoms with van der Waals surface area (Å²) in [4.78, 5) is 1.51. The molecular formula is C13H19NS. The summed E-state index contributed by atoms with van der Waals surface area (Å²) in [6.07, 6.45) is 2.57. The number of hydrogen-bond donors (Lipinski definition) is 1. The van der Waals surface area contributed by atoms with E-state index in [1.165, 1.54) is 40.2 Å². The van der Waals surface area contributed by atoms with Crippen LogP contribution < -0.4 is 5.32 Å². The molecule has 0 bridgehead atoms. The first-order valence-electron chi connectivity index (χ1n) is 5.63. The molecule has 0 radical (unpaired) electrons. The first-order valence-corrected chi connectivity index (χ1v) is 6.62. The van der Waals surface area contributed by atoms with Crippen LogP contribution in [0.4, 0.5) is 0 Å². The van der Waals surface area contributed by atoms with Crippen molar-refractivity contribution >= 4 is 11.8 Å². The third-order valence-corrected chi connectivity index (χ3v) is 4.39. The van der Waals surface area contributed by atoms with Gasteiger partial charge in [0.2, 0.25) is 0 Å². The maximum absolute atomic E-state index is 3.44. The van der Waals surface area contributed by atoms with Crippen LogP contribution in [0.2, 0.25) is 0 Å². The highest BCUT2D eigenvalue weighted by atomic mass is 32.2. The fourth-order valence-corrected chi connectivity index (χ4v) is 3.53. The van der Waals surface area contributed by atoms with Gasteiger partial charge in [-0.15, -0.1) is 11.8 Å². The van der Waals surface area contributed by atoms with E-state index in [4.69, 9.17) is 0 Å². The van der Waals surface area contributed by atoms with Crippen LogP contribution in [0.1, 0.15) is 35.6 Å². The van der Waals surface area contributed by atoms with Crippen LogP contribution in [-0.2, 0) is 0 Å². The zero-order valence-corrected chi connectivity index (χ0v) is 10.6. The Hall–Kier alpha value is -0.470. The van der Waals surface area contributed by atoms with Crippen molar-refractivity contribution in [1.82, 2.24) is 5.32 Å². The van der Waals surface area contributed by atoms with Gasteiger partial charge in [-0.2, -0.15) is 0 Å². The predicted octanol–water partition coefficient (Wildman–Crippen LogP) is 3.45. The largest absolute Gasteiger partial charge is 0.313 e. The standard InChI is InChI=1S/C13H19NS/c1-9-7-10(2)13-11(8-9)12(14-3)5-4-6-15-13/h7-8,12,14H,4-6H2,1-3H3. The molecule has 1 N–H and O–H groups in total. The summed E-state index contributed by atoms with van der Waals surface area (Å²) >= 11 is 2.02. The number of rotatable bonds is 1. The Kier molecular flexibility index (Phi) is 3.37. The lowest BCUT2D eigenvalue weighted by Crippen LogP contribution is -2.16. The Morgan fingerprint density at radius 2 is 2.13 bits per heavy atom. The lowest BCUT2D eigenvalue weighted by atomic mass is 9.98. The van der Waals surface area contributed by atoms with Crippen molar-refractivity contribution in [2.24, 2.45) is 0 Å². The molecule has 2 rings (SSSR count). The molecule has 0 spiro atoms. The van der Waals surface area contributed by atoms with Gasteiger partial charge in [-0.1, -0.05) is 17.7 Å². The molecule has 1 nitrogen and oxygen atoms in total. The Labute approximate surface area is 96.7 Å². The predicted molar refractivity (Wildman–Crippen MR) is 67.7 cm³/mol. The number of fused-ring (bicyclic) bond motifs is 1. The highest BCUT2D eigenvalue weighted by Crippen LogP contribution is 2.37. The molecule has 15 heavy (non-hydrogen) atoms. The second-order valence-corrected chi connectivity index (χ2v) is 5.44. The fourth-order valence-electron chi connectivity index (χ4n) is 2.36. The van der Waals surface area contributed by atoms with Crippen molar-refractivity contribution in [2.45, 2.75) is 37.6 Å². The quantitative estimate of drug-likeness (QED) is 0.779. The van der Waals surface area contributed by atoms with Crippen LogP contribution in [0, 0.1) is 13.8 Å². The Balaban J connectivity index is 2.50. The first-order chi connectivity index (χ1) is 7.22. The Bertz CT molecular complexity index is 360. The minimum absolute atomic E-state index is 0.550. The summed E-state index contributed by atoms with van der Waals surface area (Å²) in [7, 11) is 2.07. The molecule has 1 atom stereocenters. The highest BCUT2D eigenvalue weighted by molar-refractivity contribution is 7.99. The Morgan fingerprint density at radius 3 is 2.87 bits per heavy atom. The smallest absolute Gasteiger partial charge is 0.0329 e. The second-order valence-electron chi connectivity index (χ2n) is 4.33. The zero-order valence-electron chi connectivity index (χ0n) is 9.76. The summed E-state index contributed by atoms with van der Waals surface area (Å²) in [5, 5.41) is 3.44. The van der Waals surface area contributed by atoms with Crippen molar-refractivity contribution in [3.8, 4) is 0 Å². The van der Waals surface area contributed by atoms with Gasteiger partial charge in [0.15, 0.2) is 0 Å². The van der Waals surface area contributed by atoms with Gasteiger partial charge in [0.05, 0.1) is 0 Å². The fraction of sp³-hybridized carbons (Fsp3) is 0.538. The van der Waals surface area contributed by atoms with Crippen molar-refractivity contribution < 1.29 is 0 Å². The van der Waals surface area contributed by atoms with Crippen molar-refractivity contribution in [2.75, 3.05) is 12.8 Å². The summed E-state index contributed by atoms with van der Waals surface area (Å²) in [5.41, 5.74) is 4.34. The molecule has 1 aliphatic heterocycles. The van der Waals surface area contributed by atoms with Crippen molar-refractivity contribution in [3.63, 3.8) is 0 Å². The van der Waals surface area contributed by atoms with Gasteiger partial charge in [0.25, 0.3) is 0 Å². The zero-order chi connectivity index (χ0) is 10.8. The summed E-state index contributed by atoms with van der Waals surface area (Å²) in [6, 6.07) is 5.19. The molecular weight excluding hydrogens is 202 g/mol. The maximum Gasteiger partial charge on any atom is 0.0329 e. The minimum Gasteiger partial charge on any atom is -0.313 e. The normalized spacial score (nSPS) is 20.9. The van der Waals surface area contributed by atoms with Crippen LogP contribution in [0.3, 0.4) is 0 Å². The monoisotopic (exact) mass is 221 g/mol. The van der Waals surface area contributed by atoms with Crippen LogP contribution in [0.5, 0.6) is 0 Å². The molecule has 0 aromatic heterocycles. The average Bonchev–Trinajstić information content (AvgIpc) is 2.39. The van der Waals surface area contributed by atoms with E-state index in [1.54, 1.807) is 0 Å². The molecule has 0 amide bonds. The molecule has 0 aliphatic carbocycles. The molecule has 1 aromatic carbocycles. The van der Waals surface area contributed by atoms with E-state index in [0.29, 0.717) is 6.04 Å². The van der Waals surface area contributed by atoms with Gasteiger partial charge < -0.3 is 5.32 Å².